The van der Waals surface area contributed by atoms with Crippen molar-refractivity contribution in [3.63, 3.8) is 0 Å². The van der Waals surface area contributed by atoms with Crippen LogP contribution in [0, 0.1) is 0 Å². The predicted octanol–water partition coefficient (Wildman–Crippen LogP) is -7.68. The van der Waals surface area contributed by atoms with Crippen LogP contribution in [0.3, 0.4) is 0 Å². The molecule has 0 saturated carbocycles. The molecule has 9 heteroatoms. The Morgan fingerprint density at radius 3 is 1.82 bits per heavy atom. The summed E-state index contributed by atoms with van der Waals surface area (Å²) >= 11 is 0. The van der Waals surface area contributed by atoms with E-state index in [4.69, 9.17) is 0 Å². The van der Waals surface area contributed by atoms with Crippen molar-refractivity contribution in [3.8, 4) is 0 Å². The number of carbonyl (C=O) groups is 1. The van der Waals surface area contributed by atoms with Crippen LogP contribution in [0.15, 0.2) is 0 Å². The average Bonchev–Trinajstić information content (AvgIpc) is 1.59. The molecule has 0 aromatic carbocycles. The summed E-state index contributed by atoms with van der Waals surface area (Å²) in [6, 6.07) is 0. The number of phosphoric acid groups is 1. The molecule has 0 N–H and O–H groups in total. The summed E-state index contributed by atoms with van der Waals surface area (Å²) in [5.74, 6) is -0.998. The Labute approximate surface area is 107 Å². The molecule has 0 aromatic heterocycles. The van der Waals surface area contributed by atoms with Crippen molar-refractivity contribution in [3.05, 3.63) is 0 Å². The molecule has 0 aliphatic heterocycles. The smallest absolute Gasteiger partial charge is 0.787 e. The van der Waals surface area contributed by atoms with Gasteiger partial charge in [-0.2, -0.15) is 4.67 Å². The van der Waals surface area contributed by atoms with E-state index in [1.807, 2.05) is 0 Å². The summed E-state index contributed by atoms with van der Waals surface area (Å²) in [6.45, 7) is 0.898. The van der Waals surface area contributed by atoms with Gasteiger partial charge in [0.15, 0.2) is 0 Å². The summed E-state index contributed by atoms with van der Waals surface area (Å²) in [5.41, 5.74) is 0. The summed E-state index contributed by atoms with van der Waals surface area (Å²) in [6.07, 6.45) is 0. The molecule has 0 amide bonds. The Morgan fingerprint density at radius 1 is 1.36 bits per heavy atom. The van der Waals surface area contributed by atoms with Crippen LogP contribution < -0.4 is 68.9 Å². The van der Waals surface area contributed by atoms with Crippen molar-refractivity contribution in [1.82, 2.24) is 0 Å². The summed E-state index contributed by atoms with van der Waals surface area (Å²) in [7, 11) is -5.16. The average molecular weight is 200 g/mol. The maximum absolute atomic E-state index is 9.74. The largest absolute Gasteiger partial charge is 1.00 e. The van der Waals surface area contributed by atoms with Gasteiger partial charge in [0.05, 0.1) is 0 Å². The normalized spacial score (nSPS) is 9.00. The van der Waals surface area contributed by atoms with Crippen molar-refractivity contribution in [1.29, 1.82) is 0 Å². The first-order valence-electron chi connectivity index (χ1n) is 1.81. The van der Waals surface area contributed by atoms with E-state index < -0.39 is 13.8 Å². The third kappa shape index (κ3) is 18.5. The molecule has 0 fully saturated rings. The first kappa shape index (κ1) is 18.4. The van der Waals surface area contributed by atoms with E-state index in [9.17, 15) is 19.1 Å². The molecule has 6 nitrogen and oxygen atoms in total. The second kappa shape index (κ2) is 8.19. The number of rotatable bonds is 2. The number of hydrogen-bond donors (Lipinski definition) is 0. The van der Waals surface area contributed by atoms with E-state index >= 15 is 0 Å². The van der Waals surface area contributed by atoms with E-state index in [2.05, 4.69) is 9.56 Å². The fourth-order valence-electron chi connectivity index (χ4n) is 0.0981. The predicted molar refractivity (Wildman–Crippen MR) is 20.5 cm³/mol. The molecule has 11 heavy (non-hydrogen) atoms. The molecule has 0 saturated heterocycles. The van der Waals surface area contributed by atoms with E-state index in [0.717, 1.165) is 6.92 Å². The van der Waals surface area contributed by atoms with Gasteiger partial charge in [0.25, 0.3) is 0 Å². The van der Waals surface area contributed by atoms with Gasteiger partial charge in [-0.05, 0) is 0 Å². The standard InChI is InChI=1S/C2H5O6P.2Na/c1-2(3)7-8-9(4,5)6;;/h1H3,(H2,4,5,6);;/q;2*+1/p-2. The van der Waals surface area contributed by atoms with Gasteiger partial charge in [-0.3, -0.25) is 4.89 Å². The summed E-state index contributed by atoms with van der Waals surface area (Å²) < 4.78 is 12.6. The van der Waals surface area contributed by atoms with Crippen molar-refractivity contribution < 1.29 is 87.8 Å². The first-order valence-corrected chi connectivity index (χ1v) is 3.27. The molecular weight excluding hydrogens is 197 g/mol. The SMILES string of the molecule is CC(=O)OOP(=O)([O-])[O-].[Na+].[Na+]. The monoisotopic (exact) mass is 200 g/mol. The molecule has 0 heterocycles. The van der Waals surface area contributed by atoms with Gasteiger partial charge in [-0.25, -0.2) is 4.79 Å². The van der Waals surface area contributed by atoms with Gasteiger partial charge in [0, 0.05) is 6.92 Å². The second-order valence-corrected chi connectivity index (χ2v) is 2.14. The third-order valence-corrected chi connectivity index (χ3v) is 0.503. The summed E-state index contributed by atoms with van der Waals surface area (Å²) in [4.78, 5) is 32.1. The molecule has 0 unspecified atom stereocenters. The minimum atomic E-state index is -5.16. The molecule has 54 valence electrons. The van der Waals surface area contributed by atoms with E-state index in [1.165, 1.54) is 0 Å². The maximum Gasteiger partial charge on any atom is 1.00 e. The Kier molecular flexibility index (Phi) is 13.7. The van der Waals surface area contributed by atoms with Gasteiger partial charge in [-0.15, -0.1) is 0 Å². The molecule has 0 rings (SSSR count). The molecule has 0 bridgehead atoms. The van der Waals surface area contributed by atoms with Crippen LogP contribution in [0.25, 0.3) is 0 Å². The van der Waals surface area contributed by atoms with Gasteiger partial charge in [-0.1, -0.05) is 0 Å². The number of carbonyl (C=O) groups excluding carboxylic acids is 1. The molecule has 0 spiro atoms. The zero-order valence-electron chi connectivity index (χ0n) is 6.40. The topological polar surface area (TPSA) is 98.7 Å². The van der Waals surface area contributed by atoms with E-state index in [-0.39, 0.29) is 59.1 Å². The van der Waals surface area contributed by atoms with Crippen molar-refractivity contribution in [2.45, 2.75) is 6.92 Å². The quantitative estimate of drug-likeness (QED) is 0.190. The molecule has 0 aliphatic rings. The second-order valence-electron chi connectivity index (χ2n) is 1.10. The minimum Gasteiger partial charge on any atom is -0.787 e. The van der Waals surface area contributed by atoms with E-state index in [0.29, 0.717) is 0 Å². The van der Waals surface area contributed by atoms with Gasteiger partial charge < -0.3 is 14.4 Å². The maximum atomic E-state index is 9.74. The van der Waals surface area contributed by atoms with Crippen LogP contribution >= 0.6 is 7.82 Å². The molecule has 0 aliphatic carbocycles. The third-order valence-electron chi connectivity index (χ3n) is 0.246. The zero-order valence-corrected chi connectivity index (χ0v) is 11.3. The van der Waals surface area contributed by atoms with Crippen LogP contribution in [0.1, 0.15) is 6.92 Å². The molecule has 0 atom stereocenters. The van der Waals surface area contributed by atoms with Crippen molar-refractivity contribution >= 4 is 13.8 Å². The molecular formula is C2H3Na2O6P. The Morgan fingerprint density at radius 2 is 1.73 bits per heavy atom. The van der Waals surface area contributed by atoms with Gasteiger partial charge in [0.2, 0.25) is 0 Å². The first-order chi connectivity index (χ1) is 3.92. The Hall–Kier alpha value is 1.58. The van der Waals surface area contributed by atoms with Crippen LogP contribution in [0.2, 0.25) is 0 Å². The summed E-state index contributed by atoms with van der Waals surface area (Å²) in [5, 5.41) is 0. The minimum absolute atomic E-state index is 0. The van der Waals surface area contributed by atoms with Crippen LogP contribution in [-0.4, -0.2) is 5.97 Å². The fraction of sp³-hybridized carbons (Fsp3) is 0.500. The van der Waals surface area contributed by atoms with Gasteiger partial charge >= 0.3 is 65.1 Å². The Bertz CT molecular complexity index is 153. The van der Waals surface area contributed by atoms with Gasteiger partial charge in [0.1, 0.15) is 7.82 Å². The fourth-order valence-corrected chi connectivity index (χ4v) is 0.294. The van der Waals surface area contributed by atoms with Crippen LogP contribution in [0.5, 0.6) is 0 Å². The van der Waals surface area contributed by atoms with Crippen LogP contribution in [0.4, 0.5) is 0 Å². The molecule has 0 aromatic rings. The van der Waals surface area contributed by atoms with Crippen LogP contribution in [-0.2, 0) is 18.9 Å². The van der Waals surface area contributed by atoms with Crippen molar-refractivity contribution in [2.24, 2.45) is 0 Å². The zero-order chi connectivity index (χ0) is 7.49. The van der Waals surface area contributed by atoms with E-state index in [1.54, 1.807) is 0 Å². The van der Waals surface area contributed by atoms with Crippen molar-refractivity contribution in [2.75, 3.05) is 0 Å². The Balaban J connectivity index is -0.000000320. The molecule has 0 radical (unpaired) electrons. The number of hydrogen-bond acceptors (Lipinski definition) is 6.